The Morgan fingerprint density at radius 2 is 1.81 bits per heavy atom. The number of benzene rings is 1. The molecule has 1 aliphatic carbocycles. The van der Waals surface area contributed by atoms with E-state index in [4.69, 9.17) is 0 Å². The van der Waals surface area contributed by atoms with Crippen molar-refractivity contribution < 1.29 is 13.2 Å². The second kappa shape index (κ2) is 7.07. The number of carbonyl (C=O) groups excluding carboxylic acids is 1. The summed E-state index contributed by atoms with van der Waals surface area (Å²) in [4.78, 5) is 17.3. The molecule has 2 heterocycles. The Kier molecular flexibility index (Phi) is 4.90. The van der Waals surface area contributed by atoms with Gasteiger partial charge in [-0.05, 0) is 56.9 Å². The van der Waals surface area contributed by atoms with E-state index >= 15 is 0 Å². The summed E-state index contributed by atoms with van der Waals surface area (Å²) in [7, 11) is -2.08. The van der Waals surface area contributed by atoms with E-state index in [0.717, 1.165) is 32.4 Å². The minimum absolute atomic E-state index is 0.197. The molecule has 27 heavy (non-hydrogen) atoms. The first-order valence-corrected chi connectivity index (χ1v) is 11.2. The lowest BCUT2D eigenvalue weighted by atomic mass is 9.91. The minimum atomic E-state index is -3.51. The van der Waals surface area contributed by atoms with Gasteiger partial charge in [-0.15, -0.1) is 0 Å². The van der Waals surface area contributed by atoms with Crippen molar-refractivity contribution in [2.75, 3.05) is 51.2 Å². The lowest BCUT2D eigenvalue weighted by Gasteiger charge is -2.37. The lowest BCUT2D eigenvalue weighted by Crippen LogP contribution is -2.50. The fourth-order valence-corrected chi connectivity index (χ4v) is 5.57. The number of nitrogens with zero attached hydrogens (tertiary/aromatic N) is 2. The minimum Gasteiger partial charge on any atom is -0.367 e. The molecule has 1 amide bonds. The summed E-state index contributed by atoms with van der Waals surface area (Å²) in [6, 6.07) is 7.06. The Morgan fingerprint density at radius 1 is 1.15 bits per heavy atom. The predicted octanol–water partition coefficient (Wildman–Crippen LogP) is 0.633. The Hall–Kier alpha value is -1.64. The van der Waals surface area contributed by atoms with Crippen LogP contribution in [0.5, 0.6) is 0 Å². The molecule has 0 bridgehead atoms. The molecule has 2 N–H and O–H groups in total. The summed E-state index contributed by atoms with van der Waals surface area (Å²) >= 11 is 0. The van der Waals surface area contributed by atoms with Gasteiger partial charge >= 0.3 is 0 Å². The normalized spacial score (nSPS) is 24.9. The number of piperazine rings is 1. The number of para-hydroxylation sites is 1. The fourth-order valence-electron chi connectivity index (χ4n) is 4.62. The van der Waals surface area contributed by atoms with Crippen LogP contribution in [0.25, 0.3) is 0 Å². The van der Waals surface area contributed by atoms with Crippen LogP contribution in [0.4, 0.5) is 5.69 Å². The summed E-state index contributed by atoms with van der Waals surface area (Å²) < 4.78 is 27.0. The predicted molar refractivity (Wildman–Crippen MR) is 104 cm³/mol. The molecule has 1 saturated carbocycles. The van der Waals surface area contributed by atoms with Crippen LogP contribution in [0.1, 0.15) is 19.3 Å². The summed E-state index contributed by atoms with van der Waals surface area (Å²) in [5.74, 6) is 0.496. The molecule has 0 radical (unpaired) electrons. The van der Waals surface area contributed by atoms with E-state index in [0.29, 0.717) is 42.7 Å². The van der Waals surface area contributed by atoms with E-state index in [9.17, 15) is 13.2 Å². The van der Waals surface area contributed by atoms with Gasteiger partial charge in [0.2, 0.25) is 15.9 Å². The summed E-state index contributed by atoms with van der Waals surface area (Å²) in [5, 5.41) is 3.38. The number of amides is 1. The van der Waals surface area contributed by atoms with E-state index in [1.807, 2.05) is 17.0 Å². The highest BCUT2D eigenvalue weighted by Crippen LogP contribution is 2.59. The van der Waals surface area contributed by atoms with Crippen molar-refractivity contribution in [1.82, 2.24) is 14.9 Å². The third-order valence-electron chi connectivity index (χ3n) is 6.44. The molecular formula is C19H28N4O3S. The standard InChI is InChI=1S/C19H28N4O3S/c1-20-27(25,26)17-5-3-2-4-16(17)22-10-12-23(13-11-22)18(24)15-14-19(15)6-8-21-9-7-19/h2-5,15,20-21H,6-14H2,1H3. The smallest absolute Gasteiger partial charge is 0.242 e. The van der Waals surface area contributed by atoms with Gasteiger partial charge in [0.15, 0.2) is 0 Å². The van der Waals surface area contributed by atoms with Crippen molar-refractivity contribution in [3.05, 3.63) is 24.3 Å². The number of anilines is 1. The van der Waals surface area contributed by atoms with E-state index in [1.165, 1.54) is 7.05 Å². The van der Waals surface area contributed by atoms with Crippen molar-refractivity contribution >= 4 is 21.6 Å². The molecule has 4 rings (SSSR count). The number of carbonyl (C=O) groups is 1. The zero-order chi connectivity index (χ0) is 19.1. The molecule has 148 valence electrons. The van der Waals surface area contributed by atoms with Crippen LogP contribution >= 0.6 is 0 Å². The molecule has 8 heteroatoms. The average molecular weight is 393 g/mol. The Labute approximate surface area is 161 Å². The van der Waals surface area contributed by atoms with Crippen LogP contribution in [-0.2, 0) is 14.8 Å². The molecule has 1 aromatic rings. The van der Waals surface area contributed by atoms with Crippen LogP contribution < -0.4 is 14.9 Å². The molecule has 2 aliphatic heterocycles. The number of sulfonamides is 1. The Morgan fingerprint density at radius 3 is 2.48 bits per heavy atom. The highest BCUT2D eigenvalue weighted by molar-refractivity contribution is 7.89. The van der Waals surface area contributed by atoms with E-state index in [-0.39, 0.29) is 11.3 Å². The SMILES string of the molecule is CNS(=O)(=O)c1ccccc1N1CCN(C(=O)C2CC23CCNCC3)CC1. The van der Waals surface area contributed by atoms with Gasteiger partial charge in [0.05, 0.1) is 5.69 Å². The van der Waals surface area contributed by atoms with Crippen LogP contribution in [0.15, 0.2) is 29.2 Å². The number of hydrogen-bond acceptors (Lipinski definition) is 5. The third kappa shape index (κ3) is 3.46. The Balaban J connectivity index is 1.41. The van der Waals surface area contributed by atoms with Crippen molar-refractivity contribution in [2.24, 2.45) is 11.3 Å². The zero-order valence-corrected chi connectivity index (χ0v) is 16.6. The molecule has 1 unspecified atom stereocenters. The first-order valence-electron chi connectivity index (χ1n) is 9.74. The van der Waals surface area contributed by atoms with Crippen LogP contribution in [0.3, 0.4) is 0 Å². The highest BCUT2D eigenvalue weighted by atomic mass is 32.2. The third-order valence-corrected chi connectivity index (χ3v) is 7.90. The number of piperidine rings is 1. The van der Waals surface area contributed by atoms with Crippen LogP contribution in [-0.4, -0.2) is 65.5 Å². The molecule has 3 aliphatic rings. The van der Waals surface area contributed by atoms with Gasteiger partial charge in [-0.3, -0.25) is 4.79 Å². The first kappa shape index (κ1) is 18.7. The maximum absolute atomic E-state index is 12.9. The average Bonchev–Trinajstić information content (AvgIpc) is 3.40. The summed E-state index contributed by atoms with van der Waals surface area (Å²) in [6.45, 7) is 4.66. The second-order valence-electron chi connectivity index (χ2n) is 7.86. The van der Waals surface area contributed by atoms with Gasteiger partial charge in [-0.2, -0.15) is 0 Å². The van der Waals surface area contributed by atoms with Crippen molar-refractivity contribution in [3.8, 4) is 0 Å². The van der Waals surface area contributed by atoms with Crippen molar-refractivity contribution in [3.63, 3.8) is 0 Å². The van der Waals surface area contributed by atoms with Gasteiger partial charge in [0, 0.05) is 32.1 Å². The first-order chi connectivity index (χ1) is 13.0. The summed E-state index contributed by atoms with van der Waals surface area (Å²) in [5.41, 5.74) is 0.965. The molecule has 1 atom stereocenters. The maximum Gasteiger partial charge on any atom is 0.242 e. The molecule has 3 fully saturated rings. The zero-order valence-electron chi connectivity index (χ0n) is 15.8. The molecule has 2 saturated heterocycles. The summed E-state index contributed by atoms with van der Waals surface area (Å²) in [6.07, 6.45) is 3.26. The van der Waals surface area contributed by atoms with Gasteiger partial charge in [-0.1, -0.05) is 12.1 Å². The largest absolute Gasteiger partial charge is 0.367 e. The molecule has 7 nitrogen and oxygen atoms in total. The van der Waals surface area contributed by atoms with Crippen LogP contribution in [0.2, 0.25) is 0 Å². The highest BCUT2D eigenvalue weighted by Gasteiger charge is 2.58. The lowest BCUT2D eigenvalue weighted by molar-refractivity contribution is -0.133. The topological polar surface area (TPSA) is 81.8 Å². The van der Waals surface area contributed by atoms with Crippen LogP contribution in [0, 0.1) is 11.3 Å². The van der Waals surface area contributed by atoms with Gasteiger partial charge < -0.3 is 15.1 Å². The number of nitrogens with one attached hydrogen (secondary N) is 2. The Bertz CT molecular complexity index is 812. The number of hydrogen-bond donors (Lipinski definition) is 2. The quantitative estimate of drug-likeness (QED) is 0.786. The van der Waals surface area contributed by atoms with Crippen molar-refractivity contribution in [1.29, 1.82) is 0 Å². The van der Waals surface area contributed by atoms with Crippen molar-refractivity contribution in [2.45, 2.75) is 24.2 Å². The van der Waals surface area contributed by atoms with Gasteiger partial charge in [-0.25, -0.2) is 13.1 Å². The monoisotopic (exact) mass is 392 g/mol. The van der Waals surface area contributed by atoms with E-state index < -0.39 is 10.0 Å². The second-order valence-corrected chi connectivity index (χ2v) is 9.71. The molecule has 1 spiro atoms. The molecular weight excluding hydrogens is 364 g/mol. The molecule has 1 aromatic carbocycles. The fraction of sp³-hybridized carbons (Fsp3) is 0.632. The van der Waals surface area contributed by atoms with E-state index in [2.05, 4.69) is 14.9 Å². The van der Waals surface area contributed by atoms with Gasteiger partial charge in [0.25, 0.3) is 0 Å². The van der Waals surface area contributed by atoms with Gasteiger partial charge in [0.1, 0.15) is 4.90 Å². The number of rotatable bonds is 4. The van der Waals surface area contributed by atoms with E-state index in [1.54, 1.807) is 12.1 Å². The maximum atomic E-state index is 12.9. The molecule has 0 aromatic heterocycles.